The van der Waals surface area contributed by atoms with Crippen molar-refractivity contribution in [3.63, 3.8) is 0 Å². The first-order valence-corrected chi connectivity index (χ1v) is 8.54. The van der Waals surface area contributed by atoms with Crippen LogP contribution in [0.5, 0.6) is 0 Å². The van der Waals surface area contributed by atoms with Crippen LogP contribution >= 0.6 is 0 Å². The highest BCUT2D eigenvalue weighted by atomic mass is 16.4. The van der Waals surface area contributed by atoms with Crippen molar-refractivity contribution < 1.29 is 49.2 Å². The van der Waals surface area contributed by atoms with Gasteiger partial charge in [-0.3, -0.25) is 24.0 Å². The number of hydrogen-bond acceptors (Lipinski definition) is 9. The van der Waals surface area contributed by atoms with Gasteiger partial charge in [0.15, 0.2) is 0 Å². The van der Waals surface area contributed by atoms with Gasteiger partial charge in [0.1, 0.15) is 24.2 Å². The van der Waals surface area contributed by atoms with Gasteiger partial charge in [0.05, 0.1) is 19.6 Å². The maximum Gasteiger partial charge on any atom is 0.326 e. The summed E-state index contributed by atoms with van der Waals surface area (Å²) in [4.78, 5) is 69.1. The SMILES string of the molecule is NC(=O)CC(NC(=O)C(CCC(=O)O)NC(=O)C(CO)NC(=O)C(N)CO)C(=O)O. The Labute approximate surface area is 169 Å². The normalized spacial score (nSPS) is 14.5. The molecular weight excluding hydrogens is 410 g/mol. The Morgan fingerprint density at radius 2 is 1.27 bits per heavy atom. The van der Waals surface area contributed by atoms with E-state index in [2.05, 4.69) is 5.32 Å². The maximum absolute atomic E-state index is 12.3. The second kappa shape index (κ2) is 13.0. The second-order valence-electron chi connectivity index (χ2n) is 6.10. The van der Waals surface area contributed by atoms with Crippen molar-refractivity contribution in [3.8, 4) is 0 Å². The van der Waals surface area contributed by atoms with Crippen LogP contribution in [0.4, 0.5) is 0 Å². The van der Waals surface area contributed by atoms with Crippen LogP contribution < -0.4 is 27.4 Å². The summed E-state index contributed by atoms with van der Waals surface area (Å²) in [7, 11) is 0. The molecule has 0 saturated carbocycles. The summed E-state index contributed by atoms with van der Waals surface area (Å²) >= 11 is 0. The first-order valence-electron chi connectivity index (χ1n) is 8.54. The molecule has 4 unspecified atom stereocenters. The van der Waals surface area contributed by atoms with Crippen molar-refractivity contribution in [1.29, 1.82) is 0 Å². The number of hydrogen-bond donors (Lipinski definition) is 9. The number of carboxylic acid groups (broad SMARTS) is 2. The third-order valence-electron chi connectivity index (χ3n) is 3.65. The van der Waals surface area contributed by atoms with Crippen LogP contribution in [0.15, 0.2) is 0 Å². The summed E-state index contributed by atoms with van der Waals surface area (Å²) in [5, 5.41) is 42.0. The van der Waals surface area contributed by atoms with Gasteiger partial charge in [0, 0.05) is 6.42 Å². The highest BCUT2D eigenvalue weighted by molar-refractivity contribution is 5.95. The Hall–Kier alpha value is -3.30. The number of aliphatic hydroxyl groups is 2. The van der Waals surface area contributed by atoms with Gasteiger partial charge in [-0.1, -0.05) is 0 Å². The van der Waals surface area contributed by atoms with Crippen LogP contribution in [-0.2, 0) is 28.8 Å². The molecule has 170 valence electrons. The maximum atomic E-state index is 12.3. The molecule has 0 aliphatic heterocycles. The van der Waals surface area contributed by atoms with Crippen molar-refractivity contribution in [1.82, 2.24) is 16.0 Å². The largest absolute Gasteiger partial charge is 0.481 e. The molecule has 0 bridgehead atoms. The average molecular weight is 435 g/mol. The minimum absolute atomic E-state index is 0.474. The lowest BCUT2D eigenvalue weighted by molar-refractivity contribution is -0.144. The summed E-state index contributed by atoms with van der Waals surface area (Å²) in [6, 6.07) is -6.30. The quantitative estimate of drug-likeness (QED) is 0.124. The van der Waals surface area contributed by atoms with Crippen molar-refractivity contribution in [2.24, 2.45) is 11.5 Å². The lowest BCUT2D eigenvalue weighted by Crippen LogP contribution is -2.58. The number of rotatable bonds is 14. The fraction of sp³-hybridized carbons (Fsp3) is 0.600. The first-order chi connectivity index (χ1) is 13.9. The molecular formula is C15H25N5O10. The Morgan fingerprint density at radius 1 is 0.767 bits per heavy atom. The standard InChI is InChI=1S/C15H25N5O10/c16-6(4-21)12(26)20-9(5-22)14(28)18-7(1-2-11(24)25)13(27)19-8(15(29)30)3-10(17)23/h6-9,21-22H,1-5,16H2,(H2,17,23)(H,18,28)(H,19,27)(H,20,26)(H,24,25)(H,29,30). The molecule has 15 heteroatoms. The van der Waals surface area contributed by atoms with E-state index in [-0.39, 0.29) is 0 Å². The van der Waals surface area contributed by atoms with Crippen LogP contribution in [-0.4, -0.2) is 93.4 Å². The number of nitrogens with one attached hydrogen (secondary N) is 3. The van der Waals surface area contributed by atoms with Crippen LogP contribution in [0.2, 0.25) is 0 Å². The van der Waals surface area contributed by atoms with Crippen molar-refractivity contribution in [2.75, 3.05) is 13.2 Å². The summed E-state index contributed by atoms with van der Waals surface area (Å²) in [5.41, 5.74) is 10.2. The molecule has 0 aromatic carbocycles. The third kappa shape index (κ3) is 9.76. The Balaban J connectivity index is 5.34. The Kier molecular flexibility index (Phi) is 11.6. The van der Waals surface area contributed by atoms with Crippen LogP contribution in [0.25, 0.3) is 0 Å². The number of amides is 4. The van der Waals surface area contributed by atoms with E-state index in [0.717, 1.165) is 0 Å². The molecule has 11 N–H and O–H groups in total. The number of aliphatic hydroxyl groups excluding tert-OH is 2. The Bertz CT molecular complexity index is 670. The monoisotopic (exact) mass is 435 g/mol. The van der Waals surface area contributed by atoms with E-state index in [9.17, 15) is 33.9 Å². The highest BCUT2D eigenvalue weighted by Crippen LogP contribution is 2.02. The number of primary amides is 1. The van der Waals surface area contributed by atoms with Crippen LogP contribution in [0.1, 0.15) is 19.3 Å². The summed E-state index contributed by atoms with van der Waals surface area (Å²) in [5.74, 6) is -7.17. The smallest absolute Gasteiger partial charge is 0.326 e. The molecule has 0 aromatic heterocycles. The zero-order valence-electron chi connectivity index (χ0n) is 15.7. The van der Waals surface area contributed by atoms with E-state index in [1.807, 2.05) is 10.6 Å². The van der Waals surface area contributed by atoms with Crippen LogP contribution in [0, 0.1) is 0 Å². The fourth-order valence-corrected chi connectivity index (χ4v) is 2.04. The Morgan fingerprint density at radius 3 is 1.70 bits per heavy atom. The molecule has 0 fully saturated rings. The van der Waals surface area contributed by atoms with Gasteiger partial charge in [-0.15, -0.1) is 0 Å². The van der Waals surface area contributed by atoms with Gasteiger partial charge in [-0.25, -0.2) is 4.79 Å². The van der Waals surface area contributed by atoms with Gasteiger partial charge in [0.2, 0.25) is 23.6 Å². The lowest BCUT2D eigenvalue weighted by atomic mass is 10.1. The van der Waals surface area contributed by atoms with Crippen LogP contribution in [0.3, 0.4) is 0 Å². The molecule has 0 rings (SSSR count). The summed E-state index contributed by atoms with van der Waals surface area (Å²) in [6.45, 7) is -1.67. The number of carboxylic acids is 2. The molecule has 4 amide bonds. The molecule has 0 aliphatic carbocycles. The second-order valence-corrected chi connectivity index (χ2v) is 6.10. The molecule has 4 atom stereocenters. The van der Waals surface area contributed by atoms with Gasteiger partial charge in [-0.2, -0.15) is 0 Å². The molecule has 0 spiro atoms. The van der Waals surface area contributed by atoms with E-state index in [4.69, 9.17) is 26.8 Å². The molecule has 0 aromatic rings. The molecule has 0 saturated heterocycles. The topological polar surface area (TPSA) is 271 Å². The summed E-state index contributed by atoms with van der Waals surface area (Å²) < 4.78 is 0. The predicted octanol–water partition coefficient (Wildman–Crippen LogP) is -5.42. The molecule has 0 aliphatic rings. The van der Waals surface area contributed by atoms with Crippen molar-refractivity contribution in [2.45, 2.75) is 43.4 Å². The zero-order valence-corrected chi connectivity index (χ0v) is 15.7. The number of aliphatic carboxylic acids is 2. The predicted molar refractivity (Wildman–Crippen MR) is 96.3 cm³/mol. The van der Waals surface area contributed by atoms with E-state index in [1.165, 1.54) is 0 Å². The van der Waals surface area contributed by atoms with Gasteiger partial charge in [0.25, 0.3) is 0 Å². The number of carbonyl (C=O) groups excluding carboxylic acids is 4. The lowest BCUT2D eigenvalue weighted by Gasteiger charge is -2.23. The minimum atomic E-state index is -1.73. The first kappa shape index (κ1) is 26.7. The zero-order chi connectivity index (χ0) is 23.4. The minimum Gasteiger partial charge on any atom is -0.481 e. The highest BCUT2D eigenvalue weighted by Gasteiger charge is 2.30. The van der Waals surface area contributed by atoms with E-state index in [1.54, 1.807) is 0 Å². The van der Waals surface area contributed by atoms with Gasteiger partial charge in [-0.05, 0) is 6.42 Å². The summed E-state index contributed by atoms with van der Waals surface area (Å²) in [6.07, 6.45) is -1.83. The fourth-order valence-electron chi connectivity index (χ4n) is 2.04. The van der Waals surface area contributed by atoms with Gasteiger partial charge >= 0.3 is 11.9 Å². The van der Waals surface area contributed by atoms with E-state index in [0.29, 0.717) is 0 Å². The molecule has 0 radical (unpaired) electrons. The average Bonchev–Trinajstić information content (AvgIpc) is 2.66. The molecule has 30 heavy (non-hydrogen) atoms. The number of nitrogens with two attached hydrogens (primary N) is 2. The van der Waals surface area contributed by atoms with E-state index < -0.39 is 92.2 Å². The van der Waals surface area contributed by atoms with Crippen molar-refractivity contribution in [3.05, 3.63) is 0 Å². The number of carbonyl (C=O) groups is 6. The van der Waals surface area contributed by atoms with Crippen molar-refractivity contribution >= 4 is 35.6 Å². The molecule has 15 nitrogen and oxygen atoms in total. The van der Waals surface area contributed by atoms with E-state index >= 15 is 0 Å². The molecule has 0 heterocycles. The third-order valence-corrected chi connectivity index (χ3v) is 3.65. The van der Waals surface area contributed by atoms with Gasteiger partial charge < -0.3 is 47.8 Å².